The molecule has 250 valence electrons. The Kier molecular flexibility index (Phi) is 9.68. The van der Waals surface area contributed by atoms with Crippen LogP contribution in [-0.4, -0.2) is 132 Å². The first-order valence-corrected chi connectivity index (χ1v) is 13.9. The molecule has 3 aromatic rings. The highest BCUT2D eigenvalue weighted by molar-refractivity contribution is 5.89. The molecule has 2 fully saturated rings. The molecule has 2 saturated heterocycles. The SMILES string of the molecule is CC(=O)OCC1O[C@@H](Oc2cc(O)cc3[o+]c(-c4ccc(O)c(O)c4)c(O[C@@H]4OC(CO)[C@@H](O)[C@H](O)C4O)cc23)C(O)[C@@H](O)[C@@H]1O. The van der Waals surface area contributed by atoms with Crippen LogP contribution in [0.4, 0.5) is 0 Å². The quantitative estimate of drug-likeness (QED) is 0.0746. The molecule has 5 rings (SSSR count). The monoisotopic (exact) mass is 653 g/mol. The van der Waals surface area contributed by atoms with Crippen LogP contribution in [0, 0.1) is 0 Å². The second kappa shape index (κ2) is 13.4. The van der Waals surface area contributed by atoms with Crippen molar-refractivity contribution < 1.29 is 84.0 Å². The van der Waals surface area contributed by atoms with Gasteiger partial charge in [-0.15, -0.1) is 0 Å². The third-order valence-electron chi connectivity index (χ3n) is 7.49. The van der Waals surface area contributed by atoms with Crippen molar-refractivity contribution in [2.24, 2.45) is 0 Å². The first-order valence-electron chi connectivity index (χ1n) is 13.9. The van der Waals surface area contributed by atoms with Crippen molar-refractivity contribution in [1.82, 2.24) is 0 Å². The Morgan fingerprint density at radius 3 is 1.98 bits per heavy atom. The highest BCUT2D eigenvalue weighted by Gasteiger charge is 2.47. The second-order valence-electron chi connectivity index (χ2n) is 10.7. The average molecular weight is 654 g/mol. The molecule has 2 aromatic carbocycles. The van der Waals surface area contributed by atoms with Gasteiger partial charge in [0.15, 0.2) is 11.5 Å². The zero-order valence-corrected chi connectivity index (χ0v) is 24.0. The molecular weight excluding hydrogens is 620 g/mol. The lowest BCUT2D eigenvalue weighted by Crippen LogP contribution is -2.60. The van der Waals surface area contributed by atoms with E-state index in [1.807, 2.05) is 0 Å². The van der Waals surface area contributed by atoms with Crippen LogP contribution < -0.4 is 9.47 Å². The summed E-state index contributed by atoms with van der Waals surface area (Å²) >= 11 is 0. The first-order chi connectivity index (χ1) is 21.8. The van der Waals surface area contributed by atoms with Crippen LogP contribution in [0.1, 0.15) is 6.92 Å². The van der Waals surface area contributed by atoms with Gasteiger partial charge in [0.2, 0.25) is 18.3 Å². The fraction of sp³-hybridized carbons (Fsp3) is 0.448. The predicted molar refractivity (Wildman–Crippen MR) is 149 cm³/mol. The van der Waals surface area contributed by atoms with E-state index in [4.69, 9.17) is 28.1 Å². The molecule has 0 bridgehead atoms. The van der Waals surface area contributed by atoms with Crippen molar-refractivity contribution in [2.45, 2.75) is 68.3 Å². The van der Waals surface area contributed by atoms with E-state index in [2.05, 4.69) is 0 Å². The molecule has 0 amide bonds. The third kappa shape index (κ3) is 6.59. The van der Waals surface area contributed by atoms with Gasteiger partial charge in [-0.2, -0.15) is 0 Å². The van der Waals surface area contributed by atoms with Crippen LogP contribution in [0.25, 0.3) is 22.3 Å². The van der Waals surface area contributed by atoms with E-state index < -0.39 is 97.8 Å². The third-order valence-corrected chi connectivity index (χ3v) is 7.49. The van der Waals surface area contributed by atoms with Crippen molar-refractivity contribution in [3.8, 4) is 40.1 Å². The Hall–Kier alpha value is -4.04. The summed E-state index contributed by atoms with van der Waals surface area (Å²) in [6.07, 6.45) is -16.6. The molecule has 17 nitrogen and oxygen atoms in total. The zero-order chi connectivity index (χ0) is 33.4. The number of benzene rings is 2. The summed E-state index contributed by atoms with van der Waals surface area (Å²) in [5, 5.41) is 102. The Labute approximate surface area is 259 Å². The number of rotatable bonds is 8. The van der Waals surface area contributed by atoms with E-state index in [0.717, 1.165) is 25.1 Å². The Bertz CT molecular complexity index is 1560. The molecule has 0 radical (unpaired) electrons. The number of carbonyl (C=O) groups is 1. The van der Waals surface area contributed by atoms with Crippen LogP contribution in [0.15, 0.2) is 40.8 Å². The fourth-order valence-corrected chi connectivity index (χ4v) is 4.99. The van der Waals surface area contributed by atoms with Crippen LogP contribution in [0.2, 0.25) is 0 Å². The van der Waals surface area contributed by atoms with E-state index in [0.29, 0.717) is 0 Å². The van der Waals surface area contributed by atoms with Crippen molar-refractivity contribution >= 4 is 16.9 Å². The smallest absolute Gasteiger partial charge is 0.402 e. The van der Waals surface area contributed by atoms with Crippen molar-refractivity contribution in [3.05, 3.63) is 36.4 Å². The minimum Gasteiger partial charge on any atom is -0.507 e. The lowest BCUT2D eigenvalue weighted by molar-refractivity contribution is -0.278. The maximum atomic E-state index is 11.3. The van der Waals surface area contributed by atoms with Crippen LogP contribution >= 0.6 is 0 Å². The Balaban J connectivity index is 1.58. The molecule has 0 spiro atoms. The second-order valence-corrected chi connectivity index (χ2v) is 10.7. The largest absolute Gasteiger partial charge is 0.507 e. The Morgan fingerprint density at radius 2 is 1.37 bits per heavy atom. The van der Waals surface area contributed by atoms with Gasteiger partial charge in [0, 0.05) is 25.1 Å². The summed E-state index contributed by atoms with van der Waals surface area (Å²) in [6, 6.07) is 7.13. The molecule has 10 atom stereocenters. The number of phenols is 3. The molecule has 2 aliphatic rings. The molecule has 2 aliphatic heterocycles. The van der Waals surface area contributed by atoms with Gasteiger partial charge in [0.25, 0.3) is 0 Å². The van der Waals surface area contributed by atoms with Gasteiger partial charge in [-0.25, -0.2) is 4.42 Å². The number of aliphatic hydroxyl groups is 7. The first kappa shape index (κ1) is 33.3. The van der Waals surface area contributed by atoms with Crippen molar-refractivity contribution in [3.63, 3.8) is 0 Å². The van der Waals surface area contributed by atoms with Gasteiger partial charge >= 0.3 is 17.3 Å². The number of hydrogen-bond acceptors (Lipinski definition) is 16. The summed E-state index contributed by atoms with van der Waals surface area (Å²) in [7, 11) is 0. The number of esters is 1. The van der Waals surface area contributed by atoms with Gasteiger partial charge in [0.1, 0.15) is 72.3 Å². The summed E-state index contributed by atoms with van der Waals surface area (Å²) in [5.74, 6) is -2.74. The minimum absolute atomic E-state index is 0.0251. The van der Waals surface area contributed by atoms with Crippen molar-refractivity contribution in [2.75, 3.05) is 13.2 Å². The lowest BCUT2D eigenvalue weighted by Gasteiger charge is -2.40. The van der Waals surface area contributed by atoms with E-state index in [1.54, 1.807) is 0 Å². The van der Waals surface area contributed by atoms with E-state index in [1.165, 1.54) is 18.2 Å². The highest BCUT2D eigenvalue weighted by Crippen LogP contribution is 2.43. The van der Waals surface area contributed by atoms with Gasteiger partial charge in [0.05, 0.1) is 18.2 Å². The number of aromatic hydroxyl groups is 3. The molecule has 10 N–H and O–H groups in total. The zero-order valence-electron chi connectivity index (χ0n) is 24.0. The molecule has 1 aromatic heterocycles. The molecule has 4 unspecified atom stereocenters. The number of carbonyl (C=O) groups excluding carboxylic acids is 1. The molecule has 17 heteroatoms. The van der Waals surface area contributed by atoms with Gasteiger partial charge in [-0.1, -0.05) is 0 Å². The summed E-state index contributed by atoms with van der Waals surface area (Å²) in [6.45, 7) is -0.115. The van der Waals surface area contributed by atoms with Gasteiger partial charge < -0.3 is 74.7 Å². The molecule has 46 heavy (non-hydrogen) atoms. The standard InChI is InChI=1S/C29H32O17/c1-10(31)41-9-20-22(36)24(38)26(40)28(46-20)43-17-6-12(32)5-16-13(17)7-18(27(42-16)11-2-3-14(33)15(34)4-11)44-29-25(39)23(37)21(35)19(8-30)45-29/h2-7,19-26,28-30,35-40H,8-9H2,1H3,(H2-,32,33,34)/p+1/t19?,20?,21-,22-,23+,24+,25?,26?,28-,29-/m1/s1. The van der Waals surface area contributed by atoms with Crippen LogP contribution in [0.3, 0.4) is 0 Å². The highest BCUT2D eigenvalue weighted by atomic mass is 16.7. The summed E-state index contributed by atoms with van der Waals surface area (Å²) in [5.41, 5.74) is 0.0279. The number of aliphatic hydroxyl groups excluding tert-OH is 7. The number of phenolic OH excluding ortho intramolecular Hbond substituents is 3. The predicted octanol–water partition coefficient (Wildman–Crippen LogP) is -1.57. The average Bonchev–Trinajstić information content (AvgIpc) is 3.02. The van der Waals surface area contributed by atoms with E-state index >= 15 is 0 Å². The van der Waals surface area contributed by atoms with Crippen LogP contribution in [0.5, 0.6) is 28.7 Å². The molecule has 3 heterocycles. The maximum Gasteiger partial charge on any atom is 0.402 e. The van der Waals surface area contributed by atoms with Gasteiger partial charge in [-0.05, 0) is 12.1 Å². The van der Waals surface area contributed by atoms with E-state index in [-0.39, 0.29) is 33.8 Å². The fourth-order valence-electron chi connectivity index (χ4n) is 4.99. The van der Waals surface area contributed by atoms with Crippen LogP contribution in [-0.2, 0) is 19.0 Å². The molecule has 0 aliphatic carbocycles. The summed E-state index contributed by atoms with van der Waals surface area (Å²) in [4.78, 5) is 11.3. The number of hydrogen-bond donors (Lipinski definition) is 10. The normalized spacial score (nSPS) is 31.4. The topological polar surface area (TPSA) is 277 Å². The molecular formula is C29H33O17+. The Morgan fingerprint density at radius 1 is 0.761 bits per heavy atom. The lowest BCUT2D eigenvalue weighted by atomic mass is 9.99. The minimum atomic E-state index is -1.84. The number of fused-ring (bicyclic) bond motifs is 1. The number of ether oxygens (including phenoxy) is 5. The van der Waals surface area contributed by atoms with Crippen molar-refractivity contribution in [1.29, 1.82) is 0 Å². The van der Waals surface area contributed by atoms with E-state index in [9.17, 15) is 55.9 Å². The van der Waals surface area contributed by atoms with Gasteiger partial charge in [-0.3, -0.25) is 4.79 Å². The summed E-state index contributed by atoms with van der Waals surface area (Å²) < 4.78 is 33.6. The molecule has 0 saturated carbocycles. The maximum absolute atomic E-state index is 11.3.